The number of anilines is 1. The van der Waals surface area contributed by atoms with Crippen molar-refractivity contribution >= 4 is 17.4 Å². The highest BCUT2D eigenvalue weighted by molar-refractivity contribution is 6.28. The van der Waals surface area contributed by atoms with Crippen LogP contribution in [0.1, 0.15) is 31.2 Å². The topological polar surface area (TPSA) is 58.0 Å². The predicted octanol–water partition coefficient (Wildman–Crippen LogP) is 2.65. The summed E-state index contributed by atoms with van der Waals surface area (Å²) in [5.41, 5.74) is 0.996. The molecule has 0 spiro atoms. The molecule has 1 saturated carbocycles. The van der Waals surface area contributed by atoms with E-state index in [4.69, 9.17) is 11.6 Å². The Morgan fingerprint density at radius 3 is 2.83 bits per heavy atom. The van der Waals surface area contributed by atoms with Crippen molar-refractivity contribution in [3.8, 4) is 0 Å². The van der Waals surface area contributed by atoms with E-state index in [0.29, 0.717) is 11.8 Å². The van der Waals surface area contributed by atoms with Crippen LogP contribution in [0.15, 0.2) is 6.20 Å². The van der Waals surface area contributed by atoms with Gasteiger partial charge in [-0.2, -0.15) is 0 Å². The number of aryl methyl sites for hydroxylation is 1. The van der Waals surface area contributed by atoms with Gasteiger partial charge in [-0.25, -0.2) is 9.97 Å². The van der Waals surface area contributed by atoms with E-state index >= 15 is 0 Å². The fraction of sp³-hybridized carbons (Fsp3) is 0.692. The van der Waals surface area contributed by atoms with Crippen molar-refractivity contribution < 1.29 is 5.11 Å². The van der Waals surface area contributed by atoms with E-state index in [1.807, 2.05) is 6.92 Å². The molecule has 4 nitrogen and oxygen atoms in total. The Balaban J connectivity index is 1.95. The van der Waals surface area contributed by atoms with Gasteiger partial charge in [0.1, 0.15) is 5.82 Å². The number of aliphatic hydroxyl groups excluding tert-OH is 1. The zero-order chi connectivity index (χ0) is 13.0. The standard InChI is InChI=1S/C13H20ClN3O/c1-9-6-16-13(14)17-12(9)15-7-10-4-2-3-5-11(10)8-18/h6,10-11,18H,2-5,7-8H2,1H3,(H,15,16,17). The van der Waals surface area contributed by atoms with Crippen molar-refractivity contribution in [2.24, 2.45) is 11.8 Å². The summed E-state index contributed by atoms with van der Waals surface area (Å²) in [5, 5.41) is 13.0. The summed E-state index contributed by atoms with van der Waals surface area (Å²) in [6.07, 6.45) is 6.52. The van der Waals surface area contributed by atoms with Gasteiger partial charge in [0, 0.05) is 24.9 Å². The lowest BCUT2D eigenvalue weighted by molar-refractivity contribution is 0.141. The predicted molar refractivity (Wildman–Crippen MR) is 72.8 cm³/mol. The summed E-state index contributed by atoms with van der Waals surface area (Å²) < 4.78 is 0. The summed E-state index contributed by atoms with van der Waals surface area (Å²) in [4.78, 5) is 8.13. The second kappa shape index (κ2) is 6.34. The average Bonchev–Trinajstić information content (AvgIpc) is 2.40. The van der Waals surface area contributed by atoms with E-state index < -0.39 is 0 Å². The number of halogens is 1. The highest BCUT2D eigenvalue weighted by Crippen LogP contribution is 2.30. The van der Waals surface area contributed by atoms with Gasteiger partial charge in [0.2, 0.25) is 5.28 Å². The van der Waals surface area contributed by atoms with Crippen LogP contribution >= 0.6 is 11.6 Å². The molecule has 100 valence electrons. The highest BCUT2D eigenvalue weighted by Gasteiger charge is 2.24. The maximum absolute atomic E-state index is 9.38. The zero-order valence-electron chi connectivity index (χ0n) is 10.7. The number of hydrogen-bond donors (Lipinski definition) is 2. The Morgan fingerprint density at radius 2 is 2.11 bits per heavy atom. The Morgan fingerprint density at radius 1 is 1.39 bits per heavy atom. The summed E-state index contributed by atoms with van der Waals surface area (Å²) in [7, 11) is 0. The molecule has 1 aromatic heterocycles. The molecular weight excluding hydrogens is 250 g/mol. The second-order valence-corrected chi connectivity index (χ2v) is 5.38. The SMILES string of the molecule is Cc1cnc(Cl)nc1NCC1CCCCC1CO. The monoisotopic (exact) mass is 269 g/mol. The fourth-order valence-electron chi connectivity index (χ4n) is 2.62. The Hall–Kier alpha value is -0.870. The van der Waals surface area contributed by atoms with Crippen molar-refractivity contribution in [2.45, 2.75) is 32.6 Å². The van der Waals surface area contributed by atoms with Gasteiger partial charge in [-0.3, -0.25) is 0 Å². The van der Waals surface area contributed by atoms with Crippen LogP contribution in [0.2, 0.25) is 5.28 Å². The highest BCUT2D eigenvalue weighted by atomic mass is 35.5. The summed E-state index contributed by atoms with van der Waals surface area (Å²) in [6.45, 7) is 3.10. The van der Waals surface area contributed by atoms with Gasteiger partial charge in [0.15, 0.2) is 0 Å². The van der Waals surface area contributed by atoms with Crippen LogP contribution in [-0.2, 0) is 0 Å². The molecule has 2 N–H and O–H groups in total. The molecule has 2 unspecified atom stereocenters. The third-order valence-corrected chi connectivity index (χ3v) is 3.96. The zero-order valence-corrected chi connectivity index (χ0v) is 11.5. The lowest BCUT2D eigenvalue weighted by Crippen LogP contribution is -2.29. The van der Waals surface area contributed by atoms with Gasteiger partial charge >= 0.3 is 0 Å². The Bertz CT molecular complexity index is 400. The van der Waals surface area contributed by atoms with Crippen molar-refractivity contribution in [3.05, 3.63) is 17.0 Å². The van der Waals surface area contributed by atoms with Gasteiger partial charge < -0.3 is 10.4 Å². The molecule has 0 bridgehead atoms. The minimum absolute atomic E-state index is 0.269. The maximum atomic E-state index is 9.38. The van der Waals surface area contributed by atoms with Gasteiger partial charge in [-0.15, -0.1) is 0 Å². The average molecular weight is 270 g/mol. The molecule has 1 heterocycles. The largest absolute Gasteiger partial charge is 0.396 e. The molecule has 18 heavy (non-hydrogen) atoms. The van der Waals surface area contributed by atoms with E-state index in [0.717, 1.165) is 24.3 Å². The van der Waals surface area contributed by atoms with E-state index in [1.165, 1.54) is 19.3 Å². The van der Waals surface area contributed by atoms with Crippen LogP contribution < -0.4 is 5.32 Å². The molecule has 0 radical (unpaired) electrons. The van der Waals surface area contributed by atoms with Crippen LogP contribution in [0.5, 0.6) is 0 Å². The third kappa shape index (κ3) is 3.33. The van der Waals surface area contributed by atoms with Gasteiger partial charge in [0.05, 0.1) is 0 Å². The first kappa shape index (κ1) is 13.6. The van der Waals surface area contributed by atoms with Crippen LogP contribution in [0.25, 0.3) is 0 Å². The first-order valence-corrected chi connectivity index (χ1v) is 6.92. The fourth-order valence-corrected chi connectivity index (χ4v) is 2.75. The molecule has 1 aromatic rings. The van der Waals surface area contributed by atoms with Crippen molar-refractivity contribution in [3.63, 3.8) is 0 Å². The van der Waals surface area contributed by atoms with E-state index in [1.54, 1.807) is 6.20 Å². The van der Waals surface area contributed by atoms with Gasteiger partial charge in [-0.05, 0) is 43.2 Å². The number of hydrogen-bond acceptors (Lipinski definition) is 4. The lowest BCUT2D eigenvalue weighted by Gasteiger charge is -2.30. The molecule has 0 aromatic carbocycles. The van der Waals surface area contributed by atoms with Crippen molar-refractivity contribution in [2.75, 3.05) is 18.5 Å². The molecule has 0 saturated heterocycles. The normalized spacial score (nSPS) is 23.9. The minimum Gasteiger partial charge on any atom is -0.396 e. The van der Waals surface area contributed by atoms with Crippen LogP contribution in [0, 0.1) is 18.8 Å². The van der Waals surface area contributed by atoms with Crippen molar-refractivity contribution in [1.29, 1.82) is 0 Å². The quantitative estimate of drug-likeness (QED) is 0.825. The molecule has 2 atom stereocenters. The number of nitrogens with zero attached hydrogens (tertiary/aromatic N) is 2. The molecule has 2 rings (SSSR count). The van der Waals surface area contributed by atoms with E-state index in [2.05, 4.69) is 15.3 Å². The molecule has 0 amide bonds. The maximum Gasteiger partial charge on any atom is 0.224 e. The number of nitrogens with one attached hydrogen (secondary N) is 1. The summed E-state index contributed by atoms with van der Waals surface area (Å²) >= 11 is 5.79. The van der Waals surface area contributed by atoms with Crippen LogP contribution in [0.4, 0.5) is 5.82 Å². The molecule has 1 fully saturated rings. The minimum atomic E-state index is 0.269. The Kier molecular flexibility index (Phi) is 4.78. The molecular formula is C13H20ClN3O. The third-order valence-electron chi connectivity index (χ3n) is 3.78. The van der Waals surface area contributed by atoms with E-state index in [-0.39, 0.29) is 11.9 Å². The van der Waals surface area contributed by atoms with E-state index in [9.17, 15) is 5.11 Å². The molecule has 0 aliphatic heterocycles. The summed E-state index contributed by atoms with van der Waals surface area (Å²) in [6, 6.07) is 0. The van der Waals surface area contributed by atoms with Gasteiger partial charge in [0.25, 0.3) is 0 Å². The smallest absolute Gasteiger partial charge is 0.224 e. The number of aromatic nitrogens is 2. The van der Waals surface area contributed by atoms with Crippen LogP contribution in [-0.4, -0.2) is 28.2 Å². The van der Waals surface area contributed by atoms with Crippen LogP contribution in [0.3, 0.4) is 0 Å². The first-order chi connectivity index (χ1) is 8.70. The molecule has 1 aliphatic rings. The molecule has 1 aliphatic carbocycles. The summed E-state index contributed by atoms with van der Waals surface area (Å²) in [5.74, 6) is 1.75. The number of aliphatic hydroxyl groups is 1. The number of rotatable bonds is 4. The molecule has 5 heteroatoms. The lowest BCUT2D eigenvalue weighted by atomic mass is 9.79. The Labute approximate surface area is 113 Å². The van der Waals surface area contributed by atoms with Gasteiger partial charge in [-0.1, -0.05) is 12.8 Å². The second-order valence-electron chi connectivity index (χ2n) is 5.04. The van der Waals surface area contributed by atoms with Crippen molar-refractivity contribution in [1.82, 2.24) is 9.97 Å². The first-order valence-electron chi connectivity index (χ1n) is 6.54.